The van der Waals surface area contributed by atoms with Gasteiger partial charge in [-0.25, -0.2) is 0 Å². The normalized spacial score (nSPS) is 18.4. The van der Waals surface area contributed by atoms with Crippen molar-refractivity contribution < 1.29 is 32.0 Å². The molecule has 2 heterocycles. The van der Waals surface area contributed by atoms with Crippen molar-refractivity contribution in [3.8, 4) is 0 Å². The molecule has 1 aliphatic heterocycles. The molecule has 1 fully saturated rings. The lowest BCUT2D eigenvalue weighted by Gasteiger charge is -2.28. The van der Waals surface area contributed by atoms with Gasteiger partial charge in [0.25, 0.3) is 0 Å². The molecule has 10 heteroatoms. The number of alkyl halides is 3. The molecular formula is C17H22F3N3O4. The molecule has 2 N–H and O–H groups in total. The van der Waals surface area contributed by atoms with E-state index in [0.717, 1.165) is 0 Å². The molecule has 2 rings (SSSR count). The van der Waals surface area contributed by atoms with Crippen molar-refractivity contribution >= 4 is 17.7 Å². The lowest BCUT2D eigenvalue weighted by Crippen LogP contribution is -2.56. The molecule has 1 saturated heterocycles. The summed E-state index contributed by atoms with van der Waals surface area (Å²) >= 11 is 0. The van der Waals surface area contributed by atoms with Crippen LogP contribution in [-0.4, -0.2) is 47.4 Å². The van der Waals surface area contributed by atoms with Gasteiger partial charge in [-0.3, -0.25) is 14.4 Å². The number of amides is 3. The number of hydrogen-bond acceptors (Lipinski definition) is 4. The molecule has 1 aromatic heterocycles. The van der Waals surface area contributed by atoms with Crippen molar-refractivity contribution in [2.45, 2.75) is 51.5 Å². The van der Waals surface area contributed by atoms with Gasteiger partial charge in [0.05, 0.1) is 12.8 Å². The van der Waals surface area contributed by atoms with E-state index in [1.54, 1.807) is 26.0 Å². The minimum Gasteiger partial charge on any atom is -0.467 e. The number of nitrogens with zero attached hydrogens (tertiary/aromatic N) is 1. The van der Waals surface area contributed by atoms with E-state index in [1.165, 1.54) is 6.26 Å². The number of halogens is 3. The van der Waals surface area contributed by atoms with Crippen LogP contribution in [-0.2, 0) is 20.9 Å². The fourth-order valence-electron chi connectivity index (χ4n) is 2.93. The first-order valence-electron chi connectivity index (χ1n) is 8.59. The van der Waals surface area contributed by atoms with Gasteiger partial charge in [0.1, 0.15) is 17.8 Å². The summed E-state index contributed by atoms with van der Waals surface area (Å²) in [4.78, 5) is 36.9. The first-order chi connectivity index (χ1) is 12.6. The maximum atomic E-state index is 12.7. The maximum absolute atomic E-state index is 12.7. The molecule has 2 atom stereocenters. The highest BCUT2D eigenvalue weighted by Crippen LogP contribution is 2.26. The van der Waals surface area contributed by atoms with Crippen molar-refractivity contribution in [1.82, 2.24) is 15.5 Å². The number of carbonyl (C=O) groups excluding carboxylic acids is 3. The zero-order valence-electron chi connectivity index (χ0n) is 15.0. The smallest absolute Gasteiger partial charge is 0.467 e. The number of furan rings is 1. The third kappa shape index (κ3) is 5.24. The second-order valence-corrected chi connectivity index (χ2v) is 6.68. The van der Waals surface area contributed by atoms with Gasteiger partial charge in [0.15, 0.2) is 0 Å². The highest BCUT2D eigenvalue weighted by Gasteiger charge is 2.48. The Hall–Kier alpha value is -2.52. The van der Waals surface area contributed by atoms with Gasteiger partial charge in [0, 0.05) is 6.54 Å². The molecule has 0 radical (unpaired) electrons. The minimum atomic E-state index is -5.04. The van der Waals surface area contributed by atoms with Crippen molar-refractivity contribution in [2.75, 3.05) is 6.54 Å². The van der Waals surface area contributed by atoms with Gasteiger partial charge in [-0.15, -0.1) is 0 Å². The van der Waals surface area contributed by atoms with Crippen molar-refractivity contribution in [3.05, 3.63) is 24.2 Å². The van der Waals surface area contributed by atoms with Crippen molar-refractivity contribution in [2.24, 2.45) is 5.92 Å². The Labute approximate surface area is 154 Å². The van der Waals surface area contributed by atoms with Crippen LogP contribution in [0.1, 0.15) is 32.4 Å². The fraction of sp³-hybridized carbons (Fsp3) is 0.588. The van der Waals surface area contributed by atoms with Crippen LogP contribution >= 0.6 is 0 Å². The van der Waals surface area contributed by atoms with Crippen LogP contribution < -0.4 is 10.6 Å². The second kappa shape index (κ2) is 8.45. The zero-order valence-corrected chi connectivity index (χ0v) is 15.0. The molecule has 3 amide bonds. The molecule has 0 saturated carbocycles. The second-order valence-electron chi connectivity index (χ2n) is 6.68. The van der Waals surface area contributed by atoms with Crippen LogP contribution in [0.5, 0.6) is 0 Å². The predicted octanol–water partition coefficient (Wildman–Crippen LogP) is 1.59. The lowest BCUT2D eigenvalue weighted by atomic mass is 10.0. The zero-order chi connectivity index (χ0) is 20.2. The topological polar surface area (TPSA) is 91.7 Å². The van der Waals surface area contributed by atoms with Crippen LogP contribution in [0, 0.1) is 5.92 Å². The van der Waals surface area contributed by atoms with E-state index in [0.29, 0.717) is 10.7 Å². The third-order valence-corrected chi connectivity index (χ3v) is 4.32. The Morgan fingerprint density at radius 2 is 2.04 bits per heavy atom. The van der Waals surface area contributed by atoms with E-state index in [1.807, 2.05) is 0 Å². The predicted molar refractivity (Wildman–Crippen MR) is 88.1 cm³/mol. The Balaban J connectivity index is 2.01. The molecule has 1 aliphatic rings. The fourth-order valence-corrected chi connectivity index (χ4v) is 2.93. The molecule has 7 nitrogen and oxygen atoms in total. The SMILES string of the molecule is CC(C)[C@@H](NC(=O)C1CCCN1C(=O)C(F)(F)F)C(=O)NCc1ccco1. The van der Waals surface area contributed by atoms with Crippen LogP contribution in [0.15, 0.2) is 22.8 Å². The number of rotatable bonds is 6. The van der Waals surface area contributed by atoms with Crippen LogP contribution in [0.4, 0.5) is 13.2 Å². The number of hydrogen-bond donors (Lipinski definition) is 2. The summed E-state index contributed by atoms with van der Waals surface area (Å²) in [5.41, 5.74) is 0. The molecule has 0 bridgehead atoms. The molecule has 0 aromatic carbocycles. The molecule has 0 spiro atoms. The summed E-state index contributed by atoms with van der Waals surface area (Å²) in [5, 5.41) is 5.09. The summed E-state index contributed by atoms with van der Waals surface area (Å²) in [6.07, 6.45) is -3.18. The van der Waals surface area contributed by atoms with Gasteiger partial charge in [0.2, 0.25) is 11.8 Å². The van der Waals surface area contributed by atoms with Gasteiger partial charge in [-0.2, -0.15) is 13.2 Å². The van der Waals surface area contributed by atoms with Crippen LogP contribution in [0.2, 0.25) is 0 Å². The Bertz CT molecular complexity index is 673. The Morgan fingerprint density at radius 3 is 2.59 bits per heavy atom. The first-order valence-corrected chi connectivity index (χ1v) is 8.59. The first kappa shape index (κ1) is 20.8. The van der Waals surface area contributed by atoms with Gasteiger partial charge < -0.3 is 20.0 Å². The molecular weight excluding hydrogens is 367 g/mol. The summed E-state index contributed by atoms with van der Waals surface area (Å²) < 4.78 is 43.2. The Morgan fingerprint density at radius 1 is 1.33 bits per heavy atom. The minimum absolute atomic E-state index is 0.118. The van der Waals surface area contributed by atoms with Crippen LogP contribution in [0.3, 0.4) is 0 Å². The summed E-state index contributed by atoms with van der Waals surface area (Å²) in [7, 11) is 0. The van der Waals surface area contributed by atoms with Crippen LogP contribution in [0.25, 0.3) is 0 Å². The van der Waals surface area contributed by atoms with Crippen molar-refractivity contribution in [1.29, 1.82) is 0 Å². The van der Waals surface area contributed by atoms with Gasteiger partial charge in [-0.05, 0) is 30.9 Å². The number of likely N-dealkylation sites (tertiary alicyclic amines) is 1. The van der Waals surface area contributed by atoms with E-state index in [-0.39, 0.29) is 31.8 Å². The summed E-state index contributed by atoms with van der Waals surface area (Å²) in [5.74, 6) is -3.07. The van der Waals surface area contributed by atoms with E-state index >= 15 is 0 Å². The average molecular weight is 389 g/mol. The number of carbonyl (C=O) groups is 3. The highest BCUT2D eigenvalue weighted by atomic mass is 19.4. The molecule has 27 heavy (non-hydrogen) atoms. The van der Waals surface area contributed by atoms with Gasteiger partial charge in [-0.1, -0.05) is 13.8 Å². The molecule has 1 aromatic rings. The van der Waals surface area contributed by atoms with E-state index < -0.39 is 36.0 Å². The van der Waals surface area contributed by atoms with Gasteiger partial charge >= 0.3 is 12.1 Å². The number of nitrogens with one attached hydrogen (secondary N) is 2. The largest absolute Gasteiger partial charge is 0.471 e. The summed E-state index contributed by atoms with van der Waals surface area (Å²) in [6, 6.07) is 1.15. The summed E-state index contributed by atoms with van der Waals surface area (Å²) in [6.45, 7) is 3.37. The van der Waals surface area contributed by atoms with E-state index in [9.17, 15) is 27.6 Å². The lowest BCUT2D eigenvalue weighted by molar-refractivity contribution is -0.186. The highest BCUT2D eigenvalue weighted by molar-refractivity contribution is 5.93. The maximum Gasteiger partial charge on any atom is 0.471 e. The molecule has 150 valence electrons. The molecule has 1 unspecified atom stereocenters. The standard InChI is InChI=1S/C17H22F3N3O4/c1-10(2)13(15(25)21-9-11-5-4-8-27-11)22-14(24)12-6-3-7-23(12)16(26)17(18,19)20/h4-5,8,10,12-13H,3,6-7,9H2,1-2H3,(H,21,25)(H,22,24)/t12?,13-/m1/s1. The van der Waals surface area contributed by atoms with E-state index in [2.05, 4.69) is 10.6 Å². The Kier molecular flexibility index (Phi) is 6.50. The third-order valence-electron chi connectivity index (χ3n) is 4.32. The van der Waals surface area contributed by atoms with Crippen molar-refractivity contribution in [3.63, 3.8) is 0 Å². The van der Waals surface area contributed by atoms with E-state index in [4.69, 9.17) is 4.42 Å². The monoisotopic (exact) mass is 389 g/mol. The molecule has 0 aliphatic carbocycles. The average Bonchev–Trinajstić information content (AvgIpc) is 3.26. The quantitative estimate of drug-likeness (QED) is 0.773.